The predicted octanol–water partition coefficient (Wildman–Crippen LogP) is 5.91. The first-order chi connectivity index (χ1) is 11.2. The lowest BCUT2D eigenvalue weighted by molar-refractivity contribution is -0.0845. The zero-order valence-electron chi connectivity index (χ0n) is 13.6. The summed E-state index contributed by atoms with van der Waals surface area (Å²) in [5.74, 6) is 0. The Bertz CT molecular complexity index is 692. The Labute approximate surface area is 146 Å². The Hall–Kier alpha value is -1.58. The molecule has 1 aliphatic rings. The van der Waals surface area contributed by atoms with Crippen LogP contribution in [0.15, 0.2) is 59.1 Å². The van der Waals surface area contributed by atoms with Crippen LogP contribution in [0.4, 0.5) is 5.69 Å². The molecule has 120 valence electrons. The second-order valence-corrected chi connectivity index (χ2v) is 6.74. The summed E-state index contributed by atoms with van der Waals surface area (Å²) in [7, 11) is 0. The summed E-state index contributed by atoms with van der Waals surface area (Å²) >= 11 is 3.71. The highest BCUT2D eigenvalue weighted by atomic mass is 79.9. The van der Waals surface area contributed by atoms with Crippen LogP contribution >= 0.6 is 15.9 Å². The quantitative estimate of drug-likeness (QED) is 0.721. The van der Waals surface area contributed by atoms with Crippen molar-refractivity contribution in [2.45, 2.75) is 38.5 Å². The molecule has 1 heterocycles. The highest BCUT2D eigenvalue weighted by molar-refractivity contribution is 9.11. The minimum atomic E-state index is -0.240. The van der Waals surface area contributed by atoms with Gasteiger partial charge in [-0.25, -0.2) is 0 Å². The molecule has 23 heavy (non-hydrogen) atoms. The maximum Gasteiger partial charge on any atom is 0.161 e. The van der Waals surface area contributed by atoms with Crippen LogP contribution in [0.5, 0.6) is 0 Å². The average Bonchev–Trinajstić information content (AvgIpc) is 2.61. The lowest BCUT2D eigenvalue weighted by Gasteiger charge is -2.42. The van der Waals surface area contributed by atoms with Crippen LogP contribution in [0.3, 0.4) is 0 Å². The molecule has 1 N–H and O–H groups in total. The SMILES string of the molecule is CCC1(CC)OC(C(Br)=Cc2ccccc2)Nc2ccccc21. The summed E-state index contributed by atoms with van der Waals surface area (Å²) in [5, 5.41) is 3.50. The van der Waals surface area contributed by atoms with Crippen LogP contribution in [0, 0.1) is 0 Å². The van der Waals surface area contributed by atoms with Gasteiger partial charge in [0.2, 0.25) is 0 Å². The summed E-state index contributed by atoms with van der Waals surface area (Å²) < 4.78 is 7.51. The molecule has 0 amide bonds. The van der Waals surface area contributed by atoms with E-state index in [1.165, 1.54) is 5.56 Å². The minimum Gasteiger partial charge on any atom is -0.356 e. The molecule has 0 saturated heterocycles. The largest absolute Gasteiger partial charge is 0.356 e. The monoisotopic (exact) mass is 371 g/mol. The zero-order valence-corrected chi connectivity index (χ0v) is 15.1. The molecule has 1 atom stereocenters. The van der Waals surface area contributed by atoms with Crippen LogP contribution in [0.1, 0.15) is 37.8 Å². The number of hydrogen-bond donors (Lipinski definition) is 1. The van der Waals surface area contributed by atoms with Crippen LogP contribution < -0.4 is 5.32 Å². The minimum absolute atomic E-state index is 0.176. The molecule has 0 aliphatic carbocycles. The first-order valence-electron chi connectivity index (χ1n) is 8.14. The van der Waals surface area contributed by atoms with E-state index in [1.807, 2.05) is 18.2 Å². The summed E-state index contributed by atoms with van der Waals surface area (Å²) in [5.41, 5.74) is 3.32. The smallest absolute Gasteiger partial charge is 0.161 e. The van der Waals surface area contributed by atoms with Crippen molar-refractivity contribution in [3.8, 4) is 0 Å². The van der Waals surface area contributed by atoms with Gasteiger partial charge in [0.05, 0.1) is 5.60 Å². The van der Waals surface area contributed by atoms with Crippen molar-refractivity contribution in [1.82, 2.24) is 0 Å². The Morgan fingerprint density at radius 3 is 2.43 bits per heavy atom. The Balaban J connectivity index is 1.96. The van der Waals surface area contributed by atoms with Gasteiger partial charge in [-0.1, -0.05) is 78.3 Å². The molecule has 0 aromatic heterocycles. The van der Waals surface area contributed by atoms with Crippen molar-refractivity contribution in [1.29, 1.82) is 0 Å². The summed E-state index contributed by atoms with van der Waals surface area (Å²) in [6.45, 7) is 4.38. The van der Waals surface area contributed by atoms with E-state index in [0.717, 1.165) is 28.6 Å². The third-order valence-electron chi connectivity index (χ3n) is 4.54. The molecule has 3 rings (SSSR count). The number of benzene rings is 2. The normalized spacial score (nSPS) is 19.8. The summed E-state index contributed by atoms with van der Waals surface area (Å²) in [4.78, 5) is 0. The molecular formula is C20H22BrNO. The lowest BCUT2D eigenvalue weighted by Crippen LogP contribution is -2.42. The number of para-hydroxylation sites is 1. The van der Waals surface area contributed by atoms with E-state index >= 15 is 0 Å². The van der Waals surface area contributed by atoms with E-state index in [4.69, 9.17) is 4.74 Å². The lowest BCUT2D eigenvalue weighted by atomic mass is 9.85. The summed E-state index contributed by atoms with van der Waals surface area (Å²) in [6, 6.07) is 18.7. The van der Waals surface area contributed by atoms with Crippen molar-refractivity contribution in [3.63, 3.8) is 0 Å². The zero-order chi connectivity index (χ0) is 16.3. The molecule has 0 spiro atoms. The predicted molar refractivity (Wildman–Crippen MR) is 101 cm³/mol. The molecule has 2 nitrogen and oxygen atoms in total. The van der Waals surface area contributed by atoms with Crippen molar-refractivity contribution in [2.24, 2.45) is 0 Å². The highest BCUT2D eigenvalue weighted by Crippen LogP contribution is 2.44. The average molecular weight is 372 g/mol. The molecule has 2 aromatic carbocycles. The van der Waals surface area contributed by atoms with E-state index in [9.17, 15) is 0 Å². The van der Waals surface area contributed by atoms with E-state index in [2.05, 4.69) is 77.6 Å². The topological polar surface area (TPSA) is 21.3 Å². The van der Waals surface area contributed by atoms with E-state index in [0.29, 0.717) is 0 Å². The fraction of sp³-hybridized carbons (Fsp3) is 0.300. The maximum atomic E-state index is 6.51. The maximum absolute atomic E-state index is 6.51. The molecule has 1 unspecified atom stereocenters. The number of anilines is 1. The van der Waals surface area contributed by atoms with E-state index in [1.54, 1.807) is 0 Å². The number of rotatable bonds is 4. The molecule has 1 aliphatic heterocycles. The van der Waals surface area contributed by atoms with Crippen molar-refractivity contribution in [2.75, 3.05) is 5.32 Å². The van der Waals surface area contributed by atoms with Crippen LogP contribution in [0.25, 0.3) is 6.08 Å². The Kier molecular flexibility index (Phi) is 4.88. The Morgan fingerprint density at radius 1 is 1.09 bits per heavy atom. The van der Waals surface area contributed by atoms with Gasteiger partial charge in [0.25, 0.3) is 0 Å². The van der Waals surface area contributed by atoms with E-state index < -0.39 is 0 Å². The van der Waals surface area contributed by atoms with Gasteiger partial charge >= 0.3 is 0 Å². The molecular weight excluding hydrogens is 350 g/mol. The number of ether oxygens (including phenoxy) is 1. The molecule has 2 aromatic rings. The second-order valence-electron chi connectivity index (χ2n) is 5.83. The first-order valence-corrected chi connectivity index (χ1v) is 8.94. The van der Waals surface area contributed by atoms with Gasteiger partial charge in [-0.2, -0.15) is 0 Å². The van der Waals surface area contributed by atoms with Gasteiger partial charge in [-0.05, 0) is 30.5 Å². The van der Waals surface area contributed by atoms with Crippen molar-refractivity contribution in [3.05, 3.63) is 70.2 Å². The van der Waals surface area contributed by atoms with Gasteiger partial charge in [-0.15, -0.1) is 0 Å². The molecule has 0 bridgehead atoms. The van der Waals surface area contributed by atoms with Gasteiger partial charge in [0.15, 0.2) is 6.23 Å². The second kappa shape index (κ2) is 6.90. The third kappa shape index (κ3) is 3.22. The number of halogens is 1. The Morgan fingerprint density at radius 2 is 1.74 bits per heavy atom. The third-order valence-corrected chi connectivity index (χ3v) is 5.19. The van der Waals surface area contributed by atoms with Gasteiger partial charge in [-0.3, -0.25) is 0 Å². The highest BCUT2D eigenvalue weighted by Gasteiger charge is 2.39. The molecule has 0 fully saturated rings. The van der Waals surface area contributed by atoms with Crippen LogP contribution in [0.2, 0.25) is 0 Å². The standard InChI is InChI=1S/C20H22BrNO/c1-3-20(4-2)16-12-8-9-13-18(16)22-19(23-20)17(21)14-15-10-6-5-7-11-15/h5-14,19,22H,3-4H2,1-2H3. The fourth-order valence-electron chi connectivity index (χ4n) is 3.17. The van der Waals surface area contributed by atoms with Crippen LogP contribution in [-0.4, -0.2) is 6.23 Å². The molecule has 0 saturated carbocycles. The van der Waals surface area contributed by atoms with Gasteiger partial charge < -0.3 is 10.1 Å². The van der Waals surface area contributed by atoms with Gasteiger partial charge in [0.1, 0.15) is 0 Å². The fourth-order valence-corrected chi connectivity index (χ4v) is 3.65. The number of nitrogens with one attached hydrogen (secondary N) is 1. The van der Waals surface area contributed by atoms with Crippen LogP contribution in [-0.2, 0) is 10.3 Å². The van der Waals surface area contributed by atoms with Crippen molar-refractivity contribution >= 4 is 27.7 Å². The number of hydrogen-bond acceptors (Lipinski definition) is 2. The molecule has 3 heteroatoms. The first kappa shape index (κ1) is 16.3. The van der Waals surface area contributed by atoms with Gasteiger partial charge in [0, 0.05) is 15.7 Å². The summed E-state index contributed by atoms with van der Waals surface area (Å²) in [6.07, 6.45) is 3.83. The van der Waals surface area contributed by atoms with Crippen molar-refractivity contribution < 1.29 is 4.74 Å². The van der Waals surface area contributed by atoms with E-state index in [-0.39, 0.29) is 11.8 Å². The number of fused-ring (bicyclic) bond motifs is 1. The molecule has 0 radical (unpaired) electrons.